The quantitative estimate of drug-likeness (QED) is 0.724. The lowest BCUT2D eigenvalue weighted by Crippen LogP contribution is -2.29. The van der Waals surface area contributed by atoms with Gasteiger partial charge in [-0.2, -0.15) is 0 Å². The van der Waals surface area contributed by atoms with Crippen LogP contribution in [-0.2, 0) is 13.0 Å². The van der Waals surface area contributed by atoms with Crippen LogP contribution in [0.2, 0.25) is 0 Å². The lowest BCUT2D eigenvalue weighted by Gasteiger charge is -2.17. The first-order valence-corrected chi connectivity index (χ1v) is 7.67. The highest BCUT2D eigenvalue weighted by Crippen LogP contribution is 2.15. The summed E-state index contributed by atoms with van der Waals surface area (Å²) in [5.41, 5.74) is 3.30. The predicted molar refractivity (Wildman–Crippen MR) is 88.1 cm³/mol. The maximum absolute atomic E-state index is 12.5. The summed E-state index contributed by atoms with van der Waals surface area (Å²) in [6.07, 6.45) is 2.50. The monoisotopic (exact) mass is 309 g/mol. The molecule has 0 fully saturated rings. The van der Waals surface area contributed by atoms with Gasteiger partial charge in [0.15, 0.2) is 0 Å². The van der Waals surface area contributed by atoms with Crippen molar-refractivity contribution in [2.45, 2.75) is 19.9 Å². The van der Waals surface area contributed by atoms with Gasteiger partial charge in [0.2, 0.25) is 0 Å². The molecule has 0 saturated heterocycles. The number of carbonyl (C=O) groups is 1. The molecular formula is C17H19N5O. The fourth-order valence-electron chi connectivity index (χ4n) is 2.49. The summed E-state index contributed by atoms with van der Waals surface area (Å²) in [6.45, 7) is 3.39. The maximum Gasteiger partial charge on any atom is 0.253 e. The molecular weight excluding hydrogens is 290 g/mol. The number of carbonyl (C=O) groups excluding carboxylic acids is 1. The molecule has 1 aromatic carbocycles. The second-order valence-corrected chi connectivity index (χ2v) is 5.41. The molecule has 0 bridgehead atoms. The molecule has 0 radical (unpaired) electrons. The van der Waals surface area contributed by atoms with Crippen LogP contribution in [0.4, 0.5) is 0 Å². The third-order valence-corrected chi connectivity index (χ3v) is 3.84. The molecule has 0 spiro atoms. The van der Waals surface area contributed by atoms with Crippen molar-refractivity contribution in [1.82, 2.24) is 24.9 Å². The number of hydrogen-bond donors (Lipinski definition) is 0. The van der Waals surface area contributed by atoms with E-state index in [-0.39, 0.29) is 5.91 Å². The fourth-order valence-corrected chi connectivity index (χ4v) is 2.49. The normalized spacial score (nSPS) is 10.9. The highest BCUT2D eigenvalue weighted by molar-refractivity contribution is 5.97. The zero-order valence-electron chi connectivity index (χ0n) is 13.3. The van der Waals surface area contributed by atoms with Crippen molar-refractivity contribution >= 4 is 16.9 Å². The molecule has 2 heterocycles. The lowest BCUT2D eigenvalue weighted by molar-refractivity contribution is 0.0796. The van der Waals surface area contributed by atoms with Crippen molar-refractivity contribution in [3.05, 3.63) is 53.9 Å². The van der Waals surface area contributed by atoms with E-state index < -0.39 is 0 Å². The van der Waals surface area contributed by atoms with Crippen LogP contribution >= 0.6 is 0 Å². The van der Waals surface area contributed by atoms with Crippen molar-refractivity contribution in [3.8, 4) is 0 Å². The van der Waals surface area contributed by atoms with Crippen LogP contribution in [0.3, 0.4) is 0 Å². The number of aromatic nitrogens is 4. The van der Waals surface area contributed by atoms with Crippen molar-refractivity contribution in [2.24, 2.45) is 0 Å². The molecule has 6 heteroatoms. The number of aryl methyl sites for hydroxylation is 1. The molecule has 0 aliphatic rings. The number of amides is 1. The van der Waals surface area contributed by atoms with E-state index in [1.54, 1.807) is 24.2 Å². The minimum atomic E-state index is -0.0196. The van der Waals surface area contributed by atoms with Crippen LogP contribution in [0.5, 0.6) is 0 Å². The van der Waals surface area contributed by atoms with Gasteiger partial charge in [0, 0.05) is 44.0 Å². The molecule has 23 heavy (non-hydrogen) atoms. The first-order chi connectivity index (χ1) is 11.2. The van der Waals surface area contributed by atoms with Gasteiger partial charge in [-0.1, -0.05) is 11.3 Å². The van der Waals surface area contributed by atoms with Crippen LogP contribution < -0.4 is 0 Å². The molecule has 3 aromatic rings. The number of nitrogens with zero attached hydrogens (tertiary/aromatic N) is 5. The third kappa shape index (κ3) is 3.21. The Balaban J connectivity index is 1.71. The molecule has 0 unspecified atom stereocenters. The predicted octanol–water partition coefficient (Wildman–Crippen LogP) is 2.16. The first-order valence-electron chi connectivity index (χ1n) is 7.67. The smallest absolute Gasteiger partial charge is 0.253 e. The summed E-state index contributed by atoms with van der Waals surface area (Å²) in [5.74, 6) is -0.0196. The van der Waals surface area contributed by atoms with Gasteiger partial charge in [-0.15, -0.1) is 5.10 Å². The number of likely N-dealkylation sites (N-methyl/N-ethyl adjacent to an activating group) is 1. The first kappa shape index (κ1) is 15.1. The number of rotatable bonds is 5. The Morgan fingerprint density at radius 2 is 2.13 bits per heavy atom. The molecule has 2 aromatic heterocycles. The average Bonchev–Trinajstić information content (AvgIpc) is 3.02. The molecule has 0 atom stereocenters. The van der Waals surface area contributed by atoms with E-state index in [1.807, 2.05) is 41.9 Å². The molecule has 0 N–H and O–H groups in total. The van der Waals surface area contributed by atoms with Crippen molar-refractivity contribution < 1.29 is 4.79 Å². The molecule has 0 aliphatic heterocycles. The van der Waals surface area contributed by atoms with Gasteiger partial charge in [-0.05, 0) is 37.3 Å². The summed E-state index contributed by atoms with van der Waals surface area (Å²) in [5, 5.41) is 8.19. The minimum Gasteiger partial charge on any atom is -0.341 e. The Morgan fingerprint density at radius 3 is 2.87 bits per heavy atom. The standard InChI is InChI=1S/C17H19N5O/c1-3-22-16-8-7-13(12-15(16)19-20-22)17(23)21(2)11-9-14-6-4-5-10-18-14/h4-8,10,12H,3,9,11H2,1-2H3. The van der Waals surface area contributed by atoms with Gasteiger partial charge in [-0.25, -0.2) is 4.68 Å². The summed E-state index contributed by atoms with van der Waals surface area (Å²) in [6, 6.07) is 11.3. The molecule has 0 saturated carbocycles. The SMILES string of the molecule is CCn1nnc2cc(C(=O)N(C)CCc3ccccn3)ccc21. The van der Waals surface area contributed by atoms with Crippen molar-refractivity contribution in [1.29, 1.82) is 0 Å². The van der Waals surface area contributed by atoms with E-state index in [4.69, 9.17) is 0 Å². The zero-order chi connectivity index (χ0) is 16.2. The van der Waals surface area contributed by atoms with E-state index in [1.165, 1.54) is 0 Å². The molecule has 6 nitrogen and oxygen atoms in total. The van der Waals surface area contributed by atoms with Crippen molar-refractivity contribution in [2.75, 3.05) is 13.6 Å². The van der Waals surface area contributed by atoms with Crippen LogP contribution in [0, 0.1) is 0 Å². The molecule has 0 aliphatic carbocycles. The Hall–Kier alpha value is -2.76. The second-order valence-electron chi connectivity index (χ2n) is 5.41. The Morgan fingerprint density at radius 1 is 1.26 bits per heavy atom. The highest BCUT2D eigenvalue weighted by Gasteiger charge is 2.14. The Labute approximate surface area is 134 Å². The summed E-state index contributed by atoms with van der Waals surface area (Å²) in [4.78, 5) is 18.5. The fraction of sp³-hybridized carbons (Fsp3) is 0.294. The lowest BCUT2D eigenvalue weighted by atomic mass is 10.1. The summed E-state index contributed by atoms with van der Waals surface area (Å²) >= 11 is 0. The van der Waals surface area contributed by atoms with Gasteiger partial charge in [-0.3, -0.25) is 9.78 Å². The zero-order valence-corrected chi connectivity index (χ0v) is 13.3. The summed E-state index contributed by atoms with van der Waals surface area (Å²) < 4.78 is 1.81. The molecule has 118 valence electrons. The number of fused-ring (bicyclic) bond motifs is 1. The highest BCUT2D eigenvalue weighted by atomic mass is 16.2. The van der Waals surface area contributed by atoms with Gasteiger partial charge < -0.3 is 4.90 Å². The number of hydrogen-bond acceptors (Lipinski definition) is 4. The van der Waals surface area contributed by atoms with Gasteiger partial charge in [0.25, 0.3) is 5.91 Å². The van der Waals surface area contributed by atoms with Gasteiger partial charge in [0.05, 0.1) is 5.52 Å². The maximum atomic E-state index is 12.5. The number of benzene rings is 1. The van der Waals surface area contributed by atoms with Crippen LogP contribution in [0.25, 0.3) is 11.0 Å². The van der Waals surface area contributed by atoms with Crippen LogP contribution in [-0.4, -0.2) is 44.4 Å². The third-order valence-electron chi connectivity index (χ3n) is 3.84. The van der Waals surface area contributed by atoms with E-state index in [9.17, 15) is 4.79 Å². The van der Waals surface area contributed by atoms with Crippen molar-refractivity contribution in [3.63, 3.8) is 0 Å². The molecule has 3 rings (SSSR count). The van der Waals surface area contributed by atoms with Crippen LogP contribution in [0.15, 0.2) is 42.6 Å². The van der Waals surface area contributed by atoms with Crippen LogP contribution in [0.1, 0.15) is 23.0 Å². The topological polar surface area (TPSA) is 63.9 Å². The largest absolute Gasteiger partial charge is 0.341 e. The average molecular weight is 309 g/mol. The minimum absolute atomic E-state index is 0.0196. The van der Waals surface area contributed by atoms with Gasteiger partial charge in [0.1, 0.15) is 5.52 Å². The molecule has 1 amide bonds. The second kappa shape index (κ2) is 6.56. The van der Waals surface area contributed by atoms with E-state index >= 15 is 0 Å². The Bertz CT molecular complexity index is 812. The van der Waals surface area contributed by atoms with E-state index in [0.29, 0.717) is 12.1 Å². The summed E-state index contributed by atoms with van der Waals surface area (Å²) in [7, 11) is 1.80. The Kier molecular flexibility index (Phi) is 4.32. The van der Waals surface area contributed by atoms with E-state index in [0.717, 1.165) is 29.7 Å². The number of pyridine rings is 1. The van der Waals surface area contributed by atoms with Gasteiger partial charge >= 0.3 is 0 Å². The van der Waals surface area contributed by atoms with E-state index in [2.05, 4.69) is 15.3 Å².